The summed E-state index contributed by atoms with van der Waals surface area (Å²) in [7, 11) is -3.77. The number of nitrogens with zero attached hydrogens (tertiary/aromatic N) is 1. The van der Waals surface area contributed by atoms with Gasteiger partial charge in [0.1, 0.15) is 11.6 Å². The molecule has 138 valence electrons. The topological polar surface area (TPSA) is 57.6 Å². The van der Waals surface area contributed by atoms with Crippen LogP contribution in [0.1, 0.15) is 31.2 Å². The fraction of sp³-hybridized carbons (Fsp3) is 0.368. The number of benzene rings is 2. The molecule has 0 aliphatic carbocycles. The largest absolute Gasteiger partial charge is 0.385 e. The van der Waals surface area contributed by atoms with E-state index in [0.29, 0.717) is 18.4 Å². The molecule has 2 aliphatic heterocycles. The standard InChI is InChI=1S/C19H19F2NO3S/c20-14-4-8-18(9-5-14)26(24,25)22-16-6-7-17(22)12-19(23,11-16)13-2-1-3-15(21)10-13/h1-5,8-10,16-17,23H,6-7,11-12H2. The fourth-order valence-electron chi connectivity index (χ4n) is 4.32. The van der Waals surface area contributed by atoms with Crippen molar-refractivity contribution in [3.8, 4) is 0 Å². The first-order chi connectivity index (χ1) is 12.3. The average molecular weight is 379 g/mol. The van der Waals surface area contributed by atoms with Crippen LogP contribution in [-0.4, -0.2) is 29.9 Å². The number of sulfonamides is 1. The van der Waals surface area contributed by atoms with Crippen LogP contribution in [-0.2, 0) is 15.6 Å². The molecule has 0 aromatic heterocycles. The highest BCUT2D eigenvalue weighted by Gasteiger charge is 2.52. The molecule has 0 spiro atoms. The van der Waals surface area contributed by atoms with Gasteiger partial charge in [-0.05, 0) is 67.6 Å². The Morgan fingerprint density at radius 1 is 0.962 bits per heavy atom. The summed E-state index contributed by atoms with van der Waals surface area (Å²) in [6.45, 7) is 0. The monoisotopic (exact) mass is 379 g/mol. The molecule has 2 saturated heterocycles. The molecule has 2 aliphatic rings. The van der Waals surface area contributed by atoms with Crippen LogP contribution in [0.15, 0.2) is 53.4 Å². The number of aliphatic hydroxyl groups is 1. The highest BCUT2D eigenvalue weighted by molar-refractivity contribution is 7.89. The molecule has 7 heteroatoms. The third-order valence-corrected chi connectivity index (χ3v) is 7.47. The van der Waals surface area contributed by atoms with Crippen molar-refractivity contribution in [2.75, 3.05) is 0 Å². The van der Waals surface area contributed by atoms with Gasteiger partial charge in [-0.2, -0.15) is 4.31 Å². The maximum atomic E-state index is 13.6. The zero-order chi connectivity index (χ0) is 18.5. The molecular formula is C19H19F2NO3S. The van der Waals surface area contributed by atoms with E-state index in [-0.39, 0.29) is 29.8 Å². The molecule has 1 N–H and O–H groups in total. The van der Waals surface area contributed by atoms with Crippen LogP contribution in [0.4, 0.5) is 8.78 Å². The Bertz CT molecular complexity index is 916. The molecular weight excluding hydrogens is 360 g/mol. The first kappa shape index (κ1) is 17.6. The van der Waals surface area contributed by atoms with Gasteiger partial charge in [0, 0.05) is 12.1 Å². The number of halogens is 2. The van der Waals surface area contributed by atoms with Crippen LogP contribution in [0.3, 0.4) is 0 Å². The summed E-state index contributed by atoms with van der Waals surface area (Å²) in [6.07, 6.45) is 1.71. The number of fused-ring (bicyclic) bond motifs is 2. The van der Waals surface area contributed by atoms with Crippen LogP contribution in [0.25, 0.3) is 0 Å². The van der Waals surface area contributed by atoms with Gasteiger partial charge in [0.25, 0.3) is 0 Å². The maximum Gasteiger partial charge on any atom is 0.243 e. The lowest BCUT2D eigenvalue weighted by atomic mass is 9.81. The highest BCUT2D eigenvalue weighted by atomic mass is 32.2. The van der Waals surface area contributed by atoms with E-state index in [2.05, 4.69) is 0 Å². The summed E-state index contributed by atoms with van der Waals surface area (Å²) in [5, 5.41) is 11.1. The lowest BCUT2D eigenvalue weighted by molar-refractivity contribution is -0.0342. The van der Waals surface area contributed by atoms with E-state index in [4.69, 9.17) is 0 Å². The zero-order valence-electron chi connectivity index (χ0n) is 14.0. The Labute approximate surface area is 151 Å². The third kappa shape index (κ3) is 2.84. The predicted molar refractivity (Wildman–Crippen MR) is 91.8 cm³/mol. The summed E-state index contributed by atoms with van der Waals surface area (Å²) >= 11 is 0. The first-order valence-electron chi connectivity index (χ1n) is 8.57. The Balaban J connectivity index is 1.66. The molecule has 2 fully saturated rings. The molecule has 2 aromatic carbocycles. The molecule has 2 unspecified atom stereocenters. The summed E-state index contributed by atoms with van der Waals surface area (Å²) in [5.74, 6) is -0.921. The lowest BCUT2D eigenvalue weighted by Crippen LogP contribution is -2.51. The normalized spacial score (nSPS) is 29.0. The quantitative estimate of drug-likeness (QED) is 0.891. The Morgan fingerprint density at radius 2 is 1.58 bits per heavy atom. The van der Waals surface area contributed by atoms with E-state index in [1.54, 1.807) is 12.1 Å². The lowest BCUT2D eigenvalue weighted by Gasteiger charge is -2.43. The van der Waals surface area contributed by atoms with Crippen molar-refractivity contribution >= 4 is 10.0 Å². The summed E-state index contributed by atoms with van der Waals surface area (Å²) < 4.78 is 54.2. The molecule has 2 bridgehead atoms. The van der Waals surface area contributed by atoms with Crippen molar-refractivity contribution in [2.24, 2.45) is 0 Å². The molecule has 2 heterocycles. The van der Waals surface area contributed by atoms with Gasteiger partial charge in [0.2, 0.25) is 10.0 Å². The van der Waals surface area contributed by atoms with Crippen molar-refractivity contribution in [1.29, 1.82) is 0 Å². The molecule has 4 rings (SSSR count). The Hall–Kier alpha value is -1.83. The zero-order valence-corrected chi connectivity index (χ0v) is 14.8. The minimum atomic E-state index is -3.77. The van der Waals surface area contributed by atoms with Gasteiger partial charge in [-0.15, -0.1) is 0 Å². The number of piperidine rings is 1. The van der Waals surface area contributed by atoms with Crippen LogP contribution in [0.2, 0.25) is 0 Å². The molecule has 26 heavy (non-hydrogen) atoms. The van der Waals surface area contributed by atoms with E-state index in [9.17, 15) is 22.3 Å². The van der Waals surface area contributed by atoms with E-state index >= 15 is 0 Å². The van der Waals surface area contributed by atoms with Crippen molar-refractivity contribution in [2.45, 2.75) is 48.3 Å². The van der Waals surface area contributed by atoms with Gasteiger partial charge in [0.05, 0.1) is 10.5 Å². The minimum absolute atomic E-state index is 0.0481. The molecule has 0 radical (unpaired) electrons. The number of hydrogen-bond donors (Lipinski definition) is 1. The van der Waals surface area contributed by atoms with E-state index in [1.165, 1.54) is 28.6 Å². The smallest absolute Gasteiger partial charge is 0.243 e. The van der Waals surface area contributed by atoms with Gasteiger partial charge >= 0.3 is 0 Å². The second-order valence-electron chi connectivity index (χ2n) is 7.12. The van der Waals surface area contributed by atoms with Crippen LogP contribution in [0.5, 0.6) is 0 Å². The maximum absolute atomic E-state index is 13.6. The summed E-state index contributed by atoms with van der Waals surface area (Å²) in [5.41, 5.74) is -0.767. The van der Waals surface area contributed by atoms with Gasteiger partial charge in [-0.3, -0.25) is 0 Å². The number of hydrogen-bond acceptors (Lipinski definition) is 3. The third-order valence-electron chi connectivity index (χ3n) is 5.45. The SMILES string of the molecule is O=S(=O)(c1ccc(F)cc1)N1C2CCC1CC(O)(c1cccc(F)c1)C2. The van der Waals surface area contributed by atoms with Gasteiger partial charge < -0.3 is 5.11 Å². The second kappa shape index (κ2) is 6.11. The Morgan fingerprint density at radius 3 is 2.15 bits per heavy atom. The highest BCUT2D eigenvalue weighted by Crippen LogP contribution is 2.47. The van der Waals surface area contributed by atoms with Crippen molar-refractivity contribution in [1.82, 2.24) is 4.31 Å². The summed E-state index contributed by atoms with van der Waals surface area (Å²) in [6, 6.07) is 9.89. The van der Waals surface area contributed by atoms with Crippen molar-refractivity contribution < 1.29 is 22.3 Å². The summed E-state index contributed by atoms with van der Waals surface area (Å²) in [4.78, 5) is 0.0481. The minimum Gasteiger partial charge on any atom is -0.385 e. The molecule has 0 saturated carbocycles. The van der Waals surface area contributed by atoms with E-state index < -0.39 is 27.3 Å². The molecule has 2 aromatic rings. The number of rotatable bonds is 3. The molecule has 0 amide bonds. The van der Waals surface area contributed by atoms with Crippen molar-refractivity contribution in [3.63, 3.8) is 0 Å². The van der Waals surface area contributed by atoms with Gasteiger partial charge in [0.15, 0.2) is 0 Å². The van der Waals surface area contributed by atoms with Gasteiger partial charge in [-0.25, -0.2) is 17.2 Å². The predicted octanol–water partition coefficient (Wildman–Crippen LogP) is 3.17. The molecule has 4 nitrogen and oxygen atoms in total. The Kier molecular flexibility index (Phi) is 4.13. The van der Waals surface area contributed by atoms with Crippen LogP contribution < -0.4 is 0 Å². The van der Waals surface area contributed by atoms with Crippen LogP contribution in [0, 0.1) is 11.6 Å². The second-order valence-corrected chi connectivity index (χ2v) is 8.97. The first-order valence-corrected chi connectivity index (χ1v) is 10.0. The van der Waals surface area contributed by atoms with Gasteiger partial charge in [-0.1, -0.05) is 12.1 Å². The van der Waals surface area contributed by atoms with E-state index in [1.807, 2.05) is 0 Å². The van der Waals surface area contributed by atoms with Crippen LogP contribution >= 0.6 is 0 Å². The van der Waals surface area contributed by atoms with E-state index in [0.717, 1.165) is 12.1 Å². The molecule has 2 atom stereocenters. The van der Waals surface area contributed by atoms with Crippen molar-refractivity contribution in [3.05, 3.63) is 65.7 Å². The fourth-order valence-corrected chi connectivity index (χ4v) is 6.19. The average Bonchev–Trinajstić information content (AvgIpc) is 2.89.